The Bertz CT molecular complexity index is 465. The van der Waals surface area contributed by atoms with E-state index in [4.69, 9.17) is 8.56 Å². The van der Waals surface area contributed by atoms with E-state index in [2.05, 4.69) is 0 Å². The second-order valence-electron chi connectivity index (χ2n) is 4.97. The fourth-order valence-electron chi connectivity index (χ4n) is 1.38. The quantitative estimate of drug-likeness (QED) is 0.387. The SMILES string of the molecule is CCC(=O)CC(=O)[O][In]([O]C(=O)CC(=O)CC)[O]C(=O)CC(=O)CC. The van der Waals surface area contributed by atoms with E-state index in [9.17, 15) is 28.8 Å². The Morgan fingerprint density at radius 3 is 1.00 bits per heavy atom. The van der Waals surface area contributed by atoms with Gasteiger partial charge in [0.2, 0.25) is 0 Å². The molecule has 0 spiro atoms. The zero-order valence-electron chi connectivity index (χ0n) is 14.5. The van der Waals surface area contributed by atoms with Crippen molar-refractivity contribution < 1.29 is 37.3 Å². The van der Waals surface area contributed by atoms with Gasteiger partial charge in [0.25, 0.3) is 0 Å². The molecule has 0 saturated heterocycles. The van der Waals surface area contributed by atoms with Gasteiger partial charge in [-0.25, -0.2) is 0 Å². The summed E-state index contributed by atoms with van der Waals surface area (Å²) in [6, 6.07) is 0. The molecule has 0 fully saturated rings. The Labute approximate surface area is 154 Å². The first-order chi connectivity index (χ1) is 11.7. The monoisotopic (exact) mass is 460 g/mol. The van der Waals surface area contributed by atoms with Gasteiger partial charge in [-0.2, -0.15) is 0 Å². The molecule has 138 valence electrons. The Morgan fingerprint density at radius 1 is 0.560 bits per heavy atom. The molecule has 0 atom stereocenters. The van der Waals surface area contributed by atoms with E-state index in [1.807, 2.05) is 0 Å². The van der Waals surface area contributed by atoms with Crippen molar-refractivity contribution in [3.05, 3.63) is 0 Å². The third-order valence-corrected chi connectivity index (χ3v) is 6.79. The standard InChI is InChI=1S/3C5H8O3.In/c3*1-2-4(6)3-5(7)8;/h3*2-3H2,1H3,(H,7,8);/q;;;+3/p-3. The van der Waals surface area contributed by atoms with Gasteiger partial charge in [-0.1, -0.05) is 0 Å². The van der Waals surface area contributed by atoms with E-state index in [1.54, 1.807) is 20.8 Å². The van der Waals surface area contributed by atoms with Crippen LogP contribution in [-0.2, 0) is 37.3 Å². The molecule has 0 heterocycles. The first-order valence-electron chi connectivity index (χ1n) is 7.85. The number of carbonyl (C=O) groups excluding carboxylic acids is 6. The molecule has 0 saturated carbocycles. The molecule has 0 aromatic rings. The van der Waals surface area contributed by atoms with Crippen LogP contribution >= 0.6 is 0 Å². The second kappa shape index (κ2) is 12.6. The van der Waals surface area contributed by atoms with Crippen LogP contribution in [0.5, 0.6) is 0 Å². The molecule has 25 heavy (non-hydrogen) atoms. The molecule has 0 amide bonds. The summed E-state index contributed by atoms with van der Waals surface area (Å²) in [5, 5.41) is 0. The first-order valence-corrected chi connectivity index (χ1v) is 11.9. The topological polar surface area (TPSA) is 130 Å². The van der Waals surface area contributed by atoms with Crippen molar-refractivity contribution >= 4 is 58.0 Å². The van der Waals surface area contributed by atoms with Crippen LogP contribution in [0.4, 0.5) is 0 Å². The fraction of sp³-hybridized carbons (Fsp3) is 0.600. The van der Waals surface area contributed by atoms with E-state index in [-0.39, 0.29) is 19.3 Å². The normalized spacial score (nSPS) is 9.72. The van der Waals surface area contributed by atoms with Crippen LogP contribution < -0.4 is 0 Å². The summed E-state index contributed by atoms with van der Waals surface area (Å²) in [5.41, 5.74) is 0. The minimum atomic E-state index is -4.42. The number of hydrogen-bond acceptors (Lipinski definition) is 9. The van der Waals surface area contributed by atoms with Crippen LogP contribution in [0.15, 0.2) is 0 Å². The molecule has 0 aliphatic rings. The van der Waals surface area contributed by atoms with Crippen LogP contribution in [-0.4, -0.2) is 58.0 Å². The molecule has 0 aliphatic heterocycles. The second-order valence-corrected chi connectivity index (χ2v) is 8.63. The molecule has 0 radical (unpaired) electrons. The minimum absolute atomic E-state index is 0.116. The van der Waals surface area contributed by atoms with Gasteiger partial charge in [-0.15, -0.1) is 0 Å². The van der Waals surface area contributed by atoms with Crippen LogP contribution in [0.1, 0.15) is 59.3 Å². The van der Waals surface area contributed by atoms with Gasteiger partial charge in [-0.3, -0.25) is 0 Å². The van der Waals surface area contributed by atoms with Gasteiger partial charge in [0.1, 0.15) is 0 Å². The van der Waals surface area contributed by atoms with Crippen LogP contribution in [0, 0.1) is 0 Å². The van der Waals surface area contributed by atoms with Crippen LogP contribution in [0.25, 0.3) is 0 Å². The summed E-state index contributed by atoms with van der Waals surface area (Å²) in [6.07, 6.45) is -1.27. The Hall–Kier alpha value is -1.71. The number of carbonyl (C=O) groups is 6. The average molecular weight is 460 g/mol. The molecule has 0 bridgehead atoms. The summed E-state index contributed by atoms with van der Waals surface area (Å²) in [7, 11) is 0. The molecule has 0 aliphatic carbocycles. The van der Waals surface area contributed by atoms with Gasteiger partial charge in [-0.05, 0) is 0 Å². The molecule has 0 unspecified atom stereocenters. The molecular weight excluding hydrogens is 439 g/mol. The van der Waals surface area contributed by atoms with Crippen LogP contribution in [0.2, 0.25) is 0 Å². The average Bonchev–Trinajstić information content (AvgIpc) is 2.53. The van der Waals surface area contributed by atoms with Crippen molar-refractivity contribution in [1.82, 2.24) is 0 Å². The summed E-state index contributed by atoms with van der Waals surface area (Å²) in [4.78, 5) is 68.6. The van der Waals surface area contributed by atoms with E-state index >= 15 is 0 Å². The maximum absolute atomic E-state index is 11.6. The van der Waals surface area contributed by atoms with Crippen molar-refractivity contribution in [2.24, 2.45) is 0 Å². The van der Waals surface area contributed by atoms with Gasteiger partial charge in [0.15, 0.2) is 0 Å². The third kappa shape index (κ3) is 11.5. The van der Waals surface area contributed by atoms with Gasteiger partial charge < -0.3 is 0 Å². The number of hydrogen-bond donors (Lipinski definition) is 0. The van der Waals surface area contributed by atoms with Crippen LogP contribution in [0.3, 0.4) is 0 Å². The molecule has 0 rings (SSSR count). The third-order valence-electron chi connectivity index (χ3n) is 2.89. The molecule has 0 aromatic carbocycles. The van der Waals surface area contributed by atoms with Gasteiger partial charge >= 0.3 is 155 Å². The van der Waals surface area contributed by atoms with E-state index in [0.29, 0.717) is 0 Å². The number of ketones is 3. The predicted molar refractivity (Wildman–Crippen MR) is 83.8 cm³/mol. The van der Waals surface area contributed by atoms with Crippen molar-refractivity contribution in [3.8, 4) is 0 Å². The first kappa shape index (κ1) is 23.3. The van der Waals surface area contributed by atoms with Crippen molar-refractivity contribution in [1.29, 1.82) is 0 Å². The summed E-state index contributed by atoms with van der Waals surface area (Å²) >= 11 is -4.42. The Balaban J connectivity index is 4.85. The van der Waals surface area contributed by atoms with E-state index < -0.39 is 77.3 Å². The number of Topliss-reactive ketones (excluding diaryl/α,β-unsaturated/α-hetero) is 3. The van der Waals surface area contributed by atoms with Crippen molar-refractivity contribution in [2.75, 3.05) is 0 Å². The summed E-state index contributed by atoms with van der Waals surface area (Å²) in [6.45, 7) is 4.68. The molecule has 0 aromatic heterocycles. The Kier molecular flexibility index (Phi) is 11.8. The fourth-order valence-corrected chi connectivity index (χ4v) is 4.34. The maximum atomic E-state index is 11.6. The predicted octanol–water partition coefficient (Wildman–Crippen LogP) is 0.708. The number of rotatable bonds is 12. The molecular formula is C15H21InO9. The zero-order valence-corrected chi connectivity index (χ0v) is 17.8. The molecule has 0 N–H and O–H groups in total. The molecule has 10 heteroatoms. The van der Waals surface area contributed by atoms with E-state index in [0.717, 1.165) is 0 Å². The van der Waals surface area contributed by atoms with Crippen molar-refractivity contribution in [2.45, 2.75) is 59.3 Å². The van der Waals surface area contributed by atoms with Crippen molar-refractivity contribution in [3.63, 3.8) is 0 Å². The summed E-state index contributed by atoms with van der Waals surface area (Å²) in [5.74, 6) is -4.11. The summed E-state index contributed by atoms with van der Waals surface area (Å²) < 4.78 is 14.5. The van der Waals surface area contributed by atoms with Gasteiger partial charge in [0.05, 0.1) is 0 Å². The zero-order chi connectivity index (χ0) is 19.4. The Morgan fingerprint density at radius 2 is 0.800 bits per heavy atom. The molecule has 9 nitrogen and oxygen atoms in total. The van der Waals surface area contributed by atoms with E-state index in [1.165, 1.54) is 0 Å². The van der Waals surface area contributed by atoms with Gasteiger partial charge in [0, 0.05) is 0 Å².